The molecule has 3 rings (SSSR count). The summed E-state index contributed by atoms with van der Waals surface area (Å²) < 4.78 is 38.3. The van der Waals surface area contributed by atoms with E-state index in [0.29, 0.717) is 16.8 Å². The first-order valence-electron chi connectivity index (χ1n) is 6.91. The molecule has 0 aliphatic carbocycles. The van der Waals surface area contributed by atoms with Crippen molar-refractivity contribution in [1.29, 1.82) is 0 Å². The SMILES string of the molecule is OC(c1ccccc1)c1ncc(-c2cccc(C(F)(F)F)c2)[nH]1. The number of hydrogen-bond donors (Lipinski definition) is 2. The van der Waals surface area contributed by atoms with Crippen molar-refractivity contribution < 1.29 is 18.3 Å². The van der Waals surface area contributed by atoms with Gasteiger partial charge >= 0.3 is 6.18 Å². The quantitative estimate of drug-likeness (QED) is 0.761. The van der Waals surface area contributed by atoms with E-state index in [1.54, 1.807) is 30.3 Å². The third-order valence-electron chi connectivity index (χ3n) is 3.47. The van der Waals surface area contributed by atoms with Gasteiger partial charge in [-0.15, -0.1) is 0 Å². The molecule has 1 atom stereocenters. The van der Waals surface area contributed by atoms with Gasteiger partial charge < -0.3 is 10.1 Å². The Balaban J connectivity index is 1.91. The lowest BCUT2D eigenvalue weighted by molar-refractivity contribution is -0.137. The first kappa shape index (κ1) is 15.3. The average Bonchev–Trinajstić information content (AvgIpc) is 3.04. The van der Waals surface area contributed by atoms with Crippen LogP contribution in [-0.2, 0) is 6.18 Å². The van der Waals surface area contributed by atoms with Crippen molar-refractivity contribution in [2.45, 2.75) is 12.3 Å². The molecule has 23 heavy (non-hydrogen) atoms. The predicted octanol–water partition coefficient (Wildman–Crippen LogP) is 4.18. The van der Waals surface area contributed by atoms with Crippen molar-refractivity contribution in [3.8, 4) is 11.3 Å². The first-order valence-corrected chi connectivity index (χ1v) is 6.91. The molecule has 2 N–H and O–H groups in total. The number of aromatic amines is 1. The second kappa shape index (κ2) is 5.89. The summed E-state index contributed by atoms with van der Waals surface area (Å²) in [5.41, 5.74) is 0.701. The molecule has 0 radical (unpaired) electrons. The molecule has 0 saturated heterocycles. The zero-order chi connectivity index (χ0) is 16.4. The summed E-state index contributed by atoms with van der Waals surface area (Å²) in [6.07, 6.45) is -3.95. The number of imidazole rings is 1. The predicted molar refractivity (Wildman–Crippen MR) is 79.5 cm³/mol. The second-order valence-electron chi connectivity index (χ2n) is 5.07. The van der Waals surface area contributed by atoms with E-state index >= 15 is 0 Å². The number of H-pyrrole nitrogens is 1. The summed E-state index contributed by atoms with van der Waals surface area (Å²) in [6.45, 7) is 0. The summed E-state index contributed by atoms with van der Waals surface area (Å²) >= 11 is 0. The van der Waals surface area contributed by atoms with E-state index in [2.05, 4.69) is 9.97 Å². The summed E-state index contributed by atoms with van der Waals surface area (Å²) in [7, 11) is 0. The monoisotopic (exact) mass is 318 g/mol. The number of aromatic nitrogens is 2. The van der Waals surface area contributed by atoms with Gasteiger partial charge in [-0.05, 0) is 17.7 Å². The van der Waals surface area contributed by atoms with Crippen molar-refractivity contribution in [2.24, 2.45) is 0 Å². The zero-order valence-corrected chi connectivity index (χ0v) is 11.9. The van der Waals surface area contributed by atoms with E-state index in [1.165, 1.54) is 12.3 Å². The number of nitrogens with one attached hydrogen (secondary N) is 1. The van der Waals surface area contributed by atoms with Gasteiger partial charge in [-0.25, -0.2) is 4.98 Å². The number of aliphatic hydroxyl groups excluding tert-OH is 1. The van der Waals surface area contributed by atoms with Crippen molar-refractivity contribution in [1.82, 2.24) is 9.97 Å². The van der Waals surface area contributed by atoms with Gasteiger partial charge in [0.2, 0.25) is 0 Å². The first-order chi connectivity index (χ1) is 10.9. The summed E-state index contributed by atoms with van der Waals surface area (Å²) in [5, 5.41) is 10.3. The average molecular weight is 318 g/mol. The lowest BCUT2D eigenvalue weighted by Crippen LogP contribution is -2.04. The van der Waals surface area contributed by atoms with E-state index in [0.717, 1.165) is 12.1 Å². The molecule has 0 spiro atoms. The zero-order valence-electron chi connectivity index (χ0n) is 11.9. The van der Waals surface area contributed by atoms with Crippen LogP contribution in [0.5, 0.6) is 0 Å². The second-order valence-corrected chi connectivity index (χ2v) is 5.07. The highest BCUT2D eigenvalue weighted by Crippen LogP contribution is 2.32. The Morgan fingerprint density at radius 1 is 1.00 bits per heavy atom. The van der Waals surface area contributed by atoms with Gasteiger partial charge in [-0.3, -0.25) is 0 Å². The van der Waals surface area contributed by atoms with Gasteiger partial charge in [-0.2, -0.15) is 13.2 Å². The molecule has 0 bridgehead atoms. The van der Waals surface area contributed by atoms with Gasteiger partial charge in [0.05, 0.1) is 17.5 Å². The third-order valence-corrected chi connectivity index (χ3v) is 3.47. The molecule has 2 aromatic carbocycles. The Labute approximate surface area is 130 Å². The number of benzene rings is 2. The number of aliphatic hydroxyl groups is 1. The van der Waals surface area contributed by atoms with Crippen LogP contribution < -0.4 is 0 Å². The maximum Gasteiger partial charge on any atom is 0.416 e. The molecule has 0 saturated carbocycles. The van der Waals surface area contributed by atoms with Crippen LogP contribution in [0.2, 0.25) is 0 Å². The maximum atomic E-state index is 12.8. The molecular formula is C17H13F3N2O. The number of rotatable bonds is 3. The molecule has 1 heterocycles. The topological polar surface area (TPSA) is 48.9 Å². The van der Waals surface area contributed by atoms with Crippen molar-refractivity contribution in [3.05, 3.63) is 77.7 Å². The van der Waals surface area contributed by atoms with E-state index in [4.69, 9.17) is 0 Å². The van der Waals surface area contributed by atoms with Gasteiger partial charge in [-0.1, -0.05) is 42.5 Å². The van der Waals surface area contributed by atoms with Gasteiger partial charge in [0.1, 0.15) is 11.9 Å². The fourth-order valence-corrected chi connectivity index (χ4v) is 2.28. The molecule has 3 nitrogen and oxygen atoms in total. The minimum absolute atomic E-state index is 0.281. The van der Waals surface area contributed by atoms with Crippen LogP contribution in [0.25, 0.3) is 11.3 Å². The normalized spacial score (nSPS) is 13.0. The molecule has 6 heteroatoms. The number of halogens is 3. The van der Waals surface area contributed by atoms with E-state index in [1.807, 2.05) is 6.07 Å². The summed E-state index contributed by atoms with van der Waals surface area (Å²) in [5.74, 6) is 0.281. The molecule has 1 unspecified atom stereocenters. The Morgan fingerprint density at radius 3 is 2.43 bits per heavy atom. The molecular weight excluding hydrogens is 305 g/mol. The lowest BCUT2D eigenvalue weighted by Gasteiger charge is -2.09. The molecule has 0 aliphatic heterocycles. The van der Waals surface area contributed by atoms with Crippen LogP contribution in [0.1, 0.15) is 23.1 Å². The van der Waals surface area contributed by atoms with E-state index < -0.39 is 17.8 Å². The third kappa shape index (κ3) is 3.27. The van der Waals surface area contributed by atoms with Crippen LogP contribution in [0.3, 0.4) is 0 Å². The Hall–Kier alpha value is -2.60. The molecule has 0 amide bonds. The minimum atomic E-state index is -4.40. The summed E-state index contributed by atoms with van der Waals surface area (Å²) in [6, 6.07) is 13.9. The molecule has 0 fully saturated rings. The minimum Gasteiger partial charge on any atom is -0.380 e. The smallest absolute Gasteiger partial charge is 0.380 e. The van der Waals surface area contributed by atoms with Gasteiger partial charge in [0.25, 0.3) is 0 Å². The van der Waals surface area contributed by atoms with E-state index in [-0.39, 0.29) is 5.82 Å². The molecule has 3 aromatic rings. The Bertz CT molecular complexity index is 797. The van der Waals surface area contributed by atoms with Gasteiger partial charge in [0.15, 0.2) is 0 Å². The number of nitrogens with zero attached hydrogens (tertiary/aromatic N) is 1. The molecule has 1 aromatic heterocycles. The van der Waals surface area contributed by atoms with Crippen molar-refractivity contribution in [3.63, 3.8) is 0 Å². The van der Waals surface area contributed by atoms with Crippen LogP contribution in [0.4, 0.5) is 13.2 Å². The standard InChI is InChI=1S/C17H13F3N2O/c18-17(19,20)13-8-4-7-12(9-13)14-10-21-16(22-14)15(23)11-5-2-1-3-6-11/h1-10,15,23H,(H,21,22). The van der Waals surface area contributed by atoms with Crippen molar-refractivity contribution in [2.75, 3.05) is 0 Å². The Morgan fingerprint density at radius 2 is 1.74 bits per heavy atom. The highest BCUT2D eigenvalue weighted by Gasteiger charge is 2.30. The van der Waals surface area contributed by atoms with Crippen LogP contribution in [-0.4, -0.2) is 15.1 Å². The highest BCUT2D eigenvalue weighted by molar-refractivity contribution is 5.60. The van der Waals surface area contributed by atoms with Gasteiger partial charge in [0, 0.05) is 5.56 Å². The summed E-state index contributed by atoms with van der Waals surface area (Å²) in [4.78, 5) is 6.95. The maximum absolute atomic E-state index is 12.8. The fraction of sp³-hybridized carbons (Fsp3) is 0.118. The Kier molecular flexibility index (Phi) is 3.92. The van der Waals surface area contributed by atoms with Crippen LogP contribution in [0, 0.1) is 0 Å². The molecule has 0 aliphatic rings. The lowest BCUT2D eigenvalue weighted by atomic mass is 10.1. The van der Waals surface area contributed by atoms with E-state index in [9.17, 15) is 18.3 Å². The van der Waals surface area contributed by atoms with Crippen LogP contribution >= 0.6 is 0 Å². The van der Waals surface area contributed by atoms with Crippen LogP contribution in [0.15, 0.2) is 60.8 Å². The highest BCUT2D eigenvalue weighted by atomic mass is 19.4. The fourth-order valence-electron chi connectivity index (χ4n) is 2.28. The number of hydrogen-bond acceptors (Lipinski definition) is 2. The largest absolute Gasteiger partial charge is 0.416 e. The number of alkyl halides is 3. The van der Waals surface area contributed by atoms with Crippen molar-refractivity contribution >= 4 is 0 Å². The molecule has 118 valence electrons.